The van der Waals surface area contributed by atoms with Crippen LogP contribution in [0.4, 0.5) is 0 Å². The summed E-state index contributed by atoms with van der Waals surface area (Å²) in [5.74, 6) is 1.31. The van der Waals surface area contributed by atoms with E-state index < -0.39 is 0 Å². The molecule has 1 aromatic carbocycles. The maximum Gasteiger partial charge on any atom is 0.328 e. The molecule has 1 aliphatic carbocycles. The van der Waals surface area contributed by atoms with Crippen LogP contribution in [0.5, 0.6) is 0 Å². The van der Waals surface area contributed by atoms with Crippen molar-refractivity contribution in [1.82, 2.24) is 34.7 Å². The van der Waals surface area contributed by atoms with Crippen LogP contribution in [0.25, 0.3) is 22.5 Å². The van der Waals surface area contributed by atoms with E-state index in [9.17, 15) is 4.79 Å². The Morgan fingerprint density at radius 2 is 1.89 bits per heavy atom. The van der Waals surface area contributed by atoms with E-state index in [1.54, 1.807) is 6.20 Å². The Morgan fingerprint density at radius 3 is 2.63 bits per heavy atom. The van der Waals surface area contributed by atoms with Crippen LogP contribution in [0.3, 0.4) is 0 Å². The van der Waals surface area contributed by atoms with Gasteiger partial charge in [0.25, 0.3) is 0 Å². The second-order valence-corrected chi connectivity index (χ2v) is 9.58. The summed E-state index contributed by atoms with van der Waals surface area (Å²) < 4.78 is 3.90. The number of aromatic amines is 1. The van der Waals surface area contributed by atoms with Crippen molar-refractivity contribution in [3.05, 3.63) is 70.7 Å². The van der Waals surface area contributed by atoms with Crippen LogP contribution >= 0.6 is 0 Å². The summed E-state index contributed by atoms with van der Waals surface area (Å²) in [6, 6.07) is 10.2. The van der Waals surface area contributed by atoms with Gasteiger partial charge in [-0.15, -0.1) is 10.2 Å². The summed E-state index contributed by atoms with van der Waals surface area (Å²) in [5, 5.41) is 14.4. The van der Waals surface area contributed by atoms with E-state index >= 15 is 0 Å². The summed E-state index contributed by atoms with van der Waals surface area (Å²) >= 11 is 0. The molecule has 0 spiro atoms. The van der Waals surface area contributed by atoms with Crippen LogP contribution in [0, 0.1) is 5.92 Å². The number of hydrogen-bond donors (Lipinski definition) is 1. The quantitative estimate of drug-likeness (QED) is 0.376. The molecule has 1 saturated carbocycles. The molecule has 3 aromatic heterocycles. The molecule has 0 amide bonds. The molecule has 4 aromatic rings. The van der Waals surface area contributed by atoms with Crippen LogP contribution < -0.4 is 5.69 Å². The summed E-state index contributed by atoms with van der Waals surface area (Å²) in [4.78, 5) is 17.6. The zero-order valence-corrected chi connectivity index (χ0v) is 20.4. The van der Waals surface area contributed by atoms with Crippen molar-refractivity contribution in [2.45, 2.75) is 71.4 Å². The van der Waals surface area contributed by atoms with Crippen molar-refractivity contribution in [2.24, 2.45) is 5.92 Å². The van der Waals surface area contributed by atoms with E-state index in [0.717, 1.165) is 59.7 Å². The number of nitrogens with one attached hydrogen (secondary N) is 1. The first-order valence-electron chi connectivity index (χ1n) is 12.8. The number of tetrazole rings is 1. The topological polar surface area (TPSA) is 94.3 Å². The fraction of sp³-hybridized carbons (Fsp3) is 0.444. The van der Waals surface area contributed by atoms with Gasteiger partial charge in [0, 0.05) is 42.0 Å². The van der Waals surface area contributed by atoms with Gasteiger partial charge in [0.15, 0.2) is 0 Å². The van der Waals surface area contributed by atoms with Gasteiger partial charge in [0.2, 0.25) is 5.82 Å². The highest BCUT2D eigenvalue weighted by Gasteiger charge is 2.16. The van der Waals surface area contributed by atoms with Crippen LogP contribution in [0.15, 0.2) is 53.7 Å². The molecule has 0 atom stereocenters. The summed E-state index contributed by atoms with van der Waals surface area (Å²) in [6.07, 6.45) is 15.4. The average molecular weight is 472 g/mol. The highest BCUT2D eigenvalue weighted by atomic mass is 16.1. The first kappa shape index (κ1) is 23.2. The minimum atomic E-state index is 0.111. The molecule has 35 heavy (non-hydrogen) atoms. The number of pyridine rings is 1. The number of H-pyrrole nitrogens is 1. The van der Waals surface area contributed by atoms with E-state index in [0.29, 0.717) is 12.4 Å². The third-order valence-electron chi connectivity index (χ3n) is 7.15. The number of nitrogens with zero attached hydrogens (tertiary/aromatic N) is 6. The molecule has 1 aliphatic rings. The Balaban J connectivity index is 1.35. The third kappa shape index (κ3) is 5.26. The molecule has 0 bridgehead atoms. The standard InChI is InChI=1S/C27H33N7O/c1-2-6-23-19-33(16-14-20-7-4-3-5-8-20)27(35)34(23)18-21-9-11-22(12-10-21)25-17-28-15-13-24(25)26-29-31-32-30-26/h9-13,15,17,19-20H,2-8,14,16,18H2,1H3,(H,29,30,31,32). The maximum absolute atomic E-state index is 13.3. The van der Waals surface area contributed by atoms with E-state index in [1.807, 2.05) is 21.4 Å². The predicted molar refractivity (Wildman–Crippen MR) is 136 cm³/mol. The lowest BCUT2D eigenvalue weighted by molar-refractivity contribution is 0.322. The van der Waals surface area contributed by atoms with Crippen molar-refractivity contribution < 1.29 is 0 Å². The minimum Gasteiger partial charge on any atom is -0.299 e. The largest absolute Gasteiger partial charge is 0.328 e. The lowest BCUT2D eigenvalue weighted by atomic mass is 9.87. The number of hydrogen-bond acceptors (Lipinski definition) is 5. The predicted octanol–water partition coefficient (Wildman–Crippen LogP) is 4.86. The highest BCUT2D eigenvalue weighted by molar-refractivity contribution is 5.79. The molecular formula is C27H33N7O. The van der Waals surface area contributed by atoms with Gasteiger partial charge in [-0.1, -0.05) is 69.7 Å². The summed E-state index contributed by atoms with van der Waals surface area (Å²) in [5.41, 5.74) is 5.17. The Labute approximate surface area is 205 Å². The molecule has 182 valence electrons. The number of aryl methyl sites for hydroxylation is 2. The van der Waals surface area contributed by atoms with Crippen molar-refractivity contribution in [3.63, 3.8) is 0 Å². The van der Waals surface area contributed by atoms with Crippen LogP contribution in [0.2, 0.25) is 0 Å². The molecule has 1 N–H and O–H groups in total. The summed E-state index contributed by atoms with van der Waals surface area (Å²) in [6.45, 7) is 3.57. The van der Waals surface area contributed by atoms with Gasteiger partial charge in [-0.25, -0.2) is 4.79 Å². The SMILES string of the molecule is CCCc1cn(CCC2CCCCC2)c(=O)n1Cc1ccc(-c2cnccc2-c2nn[nH]n2)cc1. The normalized spacial score (nSPS) is 14.4. The van der Waals surface area contributed by atoms with Gasteiger partial charge in [-0.3, -0.25) is 14.1 Å². The molecule has 1 fully saturated rings. The zero-order chi connectivity index (χ0) is 24.0. The fourth-order valence-corrected chi connectivity index (χ4v) is 5.23. The third-order valence-corrected chi connectivity index (χ3v) is 7.15. The number of imidazole rings is 1. The van der Waals surface area contributed by atoms with Crippen molar-refractivity contribution >= 4 is 0 Å². The van der Waals surface area contributed by atoms with Gasteiger partial charge in [0.05, 0.1) is 6.54 Å². The van der Waals surface area contributed by atoms with Gasteiger partial charge in [-0.2, -0.15) is 5.21 Å². The Kier molecular flexibility index (Phi) is 7.16. The van der Waals surface area contributed by atoms with Gasteiger partial charge < -0.3 is 0 Å². The van der Waals surface area contributed by atoms with Gasteiger partial charge in [-0.05, 0) is 41.2 Å². The van der Waals surface area contributed by atoms with Crippen molar-refractivity contribution in [1.29, 1.82) is 0 Å². The lowest BCUT2D eigenvalue weighted by Crippen LogP contribution is -2.26. The molecular weight excluding hydrogens is 438 g/mol. The molecule has 0 unspecified atom stereocenters. The monoisotopic (exact) mass is 471 g/mol. The second kappa shape index (κ2) is 10.8. The molecule has 8 heteroatoms. The first-order chi connectivity index (χ1) is 17.2. The Hall–Kier alpha value is -3.55. The second-order valence-electron chi connectivity index (χ2n) is 9.58. The average Bonchev–Trinajstić information content (AvgIpc) is 3.54. The molecule has 0 saturated heterocycles. The minimum absolute atomic E-state index is 0.111. The molecule has 3 heterocycles. The number of aromatic nitrogens is 7. The zero-order valence-electron chi connectivity index (χ0n) is 20.4. The van der Waals surface area contributed by atoms with Crippen molar-refractivity contribution in [3.8, 4) is 22.5 Å². The van der Waals surface area contributed by atoms with E-state index in [-0.39, 0.29) is 5.69 Å². The highest BCUT2D eigenvalue weighted by Crippen LogP contribution is 2.29. The van der Waals surface area contributed by atoms with Crippen LogP contribution in [-0.2, 0) is 19.5 Å². The Bertz CT molecular complexity index is 1280. The smallest absolute Gasteiger partial charge is 0.299 e. The van der Waals surface area contributed by atoms with E-state index in [1.165, 1.54) is 32.1 Å². The molecule has 5 rings (SSSR count). The van der Waals surface area contributed by atoms with Crippen LogP contribution in [-0.4, -0.2) is 34.7 Å². The first-order valence-corrected chi connectivity index (χ1v) is 12.8. The van der Waals surface area contributed by atoms with E-state index in [2.05, 4.69) is 63.0 Å². The molecule has 0 aliphatic heterocycles. The fourth-order valence-electron chi connectivity index (χ4n) is 5.23. The van der Waals surface area contributed by atoms with Gasteiger partial charge >= 0.3 is 5.69 Å². The number of benzene rings is 1. The maximum atomic E-state index is 13.3. The molecule has 8 nitrogen and oxygen atoms in total. The lowest BCUT2D eigenvalue weighted by Gasteiger charge is -2.21. The van der Waals surface area contributed by atoms with E-state index in [4.69, 9.17) is 0 Å². The number of rotatable bonds is 9. The molecule has 0 radical (unpaired) electrons. The summed E-state index contributed by atoms with van der Waals surface area (Å²) in [7, 11) is 0. The van der Waals surface area contributed by atoms with Gasteiger partial charge in [0.1, 0.15) is 0 Å². The Morgan fingerprint density at radius 1 is 1.06 bits per heavy atom. The van der Waals surface area contributed by atoms with Crippen molar-refractivity contribution in [2.75, 3.05) is 0 Å². The van der Waals surface area contributed by atoms with Crippen LogP contribution in [0.1, 0.15) is 63.1 Å².